The summed E-state index contributed by atoms with van der Waals surface area (Å²) in [5.74, 6) is -1.96. The normalized spacial score (nSPS) is 20.7. The number of hydrogen-bond donors (Lipinski definition) is 0. The summed E-state index contributed by atoms with van der Waals surface area (Å²) in [5.41, 5.74) is 1.88. The van der Waals surface area contributed by atoms with Gasteiger partial charge < -0.3 is 14.5 Å². The molecule has 0 N–H and O–H groups in total. The number of amides is 1. The topological polar surface area (TPSA) is 58.6 Å². The number of piperidine rings is 1. The van der Waals surface area contributed by atoms with Gasteiger partial charge in [-0.2, -0.15) is 0 Å². The van der Waals surface area contributed by atoms with Gasteiger partial charge >= 0.3 is 0 Å². The molecule has 1 fully saturated rings. The molecule has 6 nitrogen and oxygen atoms in total. The number of nitrogens with zero attached hydrogens (tertiary/aromatic N) is 4. The number of carbonyl (C=O) groups is 1. The molecule has 1 saturated heterocycles. The van der Waals surface area contributed by atoms with Crippen LogP contribution in [0.1, 0.15) is 40.9 Å². The molecule has 0 bridgehead atoms. The molecule has 29 heavy (non-hydrogen) atoms. The van der Waals surface area contributed by atoms with Crippen LogP contribution in [0, 0.1) is 11.6 Å². The first kappa shape index (κ1) is 19.5. The number of carbonyl (C=O) groups excluding carboxylic acids is 1. The van der Waals surface area contributed by atoms with E-state index < -0.39 is 17.4 Å². The van der Waals surface area contributed by atoms with Gasteiger partial charge in [-0.1, -0.05) is 0 Å². The molecule has 1 aliphatic carbocycles. The Bertz CT molecular complexity index is 939. The fourth-order valence-corrected chi connectivity index (χ4v) is 4.51. The predicted molar refractivity (Wildman–Crippen MR) is 104 cm³/mol. The van der Waals surface area contributed by atoms with Crippen molar-refractivity contribution >= 4 is 11.9 Å². The summed E-state index contributed by atoms with van der Waals surface area (Å²) in [7, 11) is 4.98. The number of anilines is 1. The van der Waals surface area contributed by atoms with E-state index in [0.717, 1.165) is 49.1 Å². The molecular weight excluding hydrogens is 378 g/mol. The van der Waals surface area contributed by atoms with E-state index in [1.54, 1.807) is 4.90 Å². The summed E-state index contributed by atoms with van der Waals surface area (Å²) < 4.78 is 32.9. The molecule has 1 spiro atoms. The van der Waals surface area contributed by atoms with Crippen molar-refractivity contribution in [3.63, 3.8) is 0 Å². The van der Waals surface area contributed by atoms with Gasteiger partial charge in [0, 0.05) is 44.4 Å². The van der Waals surface area contributed by atoms with Gasteiger partial charge in [0.05, 0.1) is 12.8 Å². The highest BCUT2D eigenvalue weighted by atomic mass is 19.1. The average Bonchev–Trinajstić information content (AvgIpc) is 3.04. The monoisotopic (exact) mass is 402 g/mol. The second-order valence-electron chi connectivity index (χ2n) is 8.02. The minimum atomic E-state index is -0.878. The summed E-state index contributed by atoms with van der Waals surface area (Å²) in [6, 6.07) is 2.08. The van der Waals surface area contributed by atoms with Gasteiger partial charge in [0.2, 0.25) is 5.95 Å². The Morgan fingerprint density at radius 1 is 1.24 bits per heavy atom. The van der Waals surface area contributed by atoms with E-state index in [4.69, 9.17) is 9.72 Å². The van der Waals surface area contributed by atoms with Gasteiger partial charge in [-0.25, -0.2) is 18.7 Å². The van der Waals surface area contributed by atoms with Crippen molar-refractivity contribution in [3.05, 3.63) is 46.8 Å². The van der Waals surface area contributed by atoms with Crippen molar-refractivity contribution < 1.29 is 18.3 Å². The molecule has 2 aliphatic rings. The lowest BCUT2D eigenvalue weighted by Crippen LogP contribution is -2.48. The van der Waals surface area contributed by atoms with Gasteiger partial charge in [-0.15, -0.1) is 0 Å². The second-order valence-corrected chi connectivity index (χ2v) is 8.02. The van der Waals surface area contributed by atoms with Crippen LogP contribution < -0.4 is 9.64 Å². The maximum atomic E-state index is 14.1. The molecule has 154 valence electrons. The van der Waals surface area contributed by atoms with Crippen molar-refractivity contribution in [2.75, 3.05) is 39.2 Å². The lowest BCUT2D eigenvalue weighted by atomic mass is 9.77. The number of hydrogen-bond acceptors (Lipinski definition) is 5. The van der Waals surface area contributed by atoms with E-state index >= 15 is 0 Å². The zero-order chi connectivity index (χ0) is 20.8. The van der Waals surface area contributed by atoms with Crippen LogP contribution in [0.3, 0.4) is 0 Å². The number of ether oxygens (including phenoxy) is 1. The first-order valence-corrected chi connectivity index (χ1v) is 9.71. The molecule has 4 rings (SSSR count). The third kappa shape index (κ3) is 3.30. The van der Waals surface area contributed by atoms with E-state index in [1.165, 1.54) is 7.11 Å². The van der Waals surface area contributed by atoms with Gasteiger partial charge in [-0.05, 0) is 43.4 Å². The molecule has 0 radical (unpaired) electrons. The Kier molecular flexibility index (Phi) is 4.88. The fraction of sp³-hybridized carbons (Fsp3) is 0.476. The number of methoxy groups -OCH3 is 1. The Morgan fingerprint density at radius 2 is 1.97 bits per heavy atom. The average molecular weight is 402 g/mol. The predicted octanol–water partition coefficient (Wildman–Crippen LogP) is 2.95. The molecule has 8 heteroatoms. The smallest absolute Gasteiger partial charge is 0.254 e. The quantitative estimate of drug-likeness (QED) is 0.790. The Labute approximate surface area is 168 Å². The zero-order valence-corrected chi connectivity index (χ0v) is 16.8. The van der Waals surface area contributed by atoms with Crippen molar-refractivity contribution in [2.45, 2.75) is 31.1 Å². The minimum absolute atomic E-state index is 0.00672. The van der Waals surface area contributed by atoms with Crippen molar-refractivity contribution in [1.29, 1.82) is 0 Å². The van der Waals surface area contributed by atoms with E-state index in [2.05, 4.69) is 4.98 Å². The van der Waals surface area contributed by atoms with Crippen molar-refractivity contribution in [1.82, 2.24) is 14.9 Å². The molecule has 1 aliphatic heterocycles. The molecule has 0 saturated carbocycles. The lowest BCUT2D eigenvalue weighted by molar-refractivity contribution is 0.0632. The third-order valence-electron chi connectivity index (χ3n) is 5.94. The zero-order valence-electron chi connectivity index (χ0n) is 16.8. The Balaban J connectivity index is 1.64. The standard InChI is InChI=1S/C21H24F2N4O2/c1-26(2)20-24-11-13-5-7-21(18(13)25-20)6-4-8-27(12-21)19(28)14-9-15(22)17(29-3)16(23)10-14/h9-11H,4-8,12H2,1-3H3. The van der Waals surface area contributed by atoms with Crippen LogP contribution in [0.25, 0.3) is 0 Å². The summed E-state index contributed by atoms with van der Waals surface area (Å²) >= 11 is 0. The molecule has 1 atom stereocenters. The number of rotatable bonds is 3. The SMILES string of the molecule is COc1c(F)cc(C(=O)N2CCCC3(CCc4cnc(N(C)C)nc43)C2)cc1F. The van der Waals surface area contributed by atoms with E-state index in [1.807, 2.05) is 25.2 Å². The van der Waals surface area contributed by atoms with Gasteiger partial charge in [-0.3, -0.25) is 4.79 Å². The highest BCUT2D eigenvalue weighted by Gasteiger charge is 2.45. The van der Waals surface area contributed by atoms with Crippen molar-refractivity contribution in [2.24, 2.45) is 0 Å². The molecular formula is C21H24F2N4O2. The van der Waals surface area contributed by atoms with Crippen LogP contribution in [0.5, 0.6) is 5.75 Å². The van der Waals surface area contributed by atoms with Gasteiger partial charge in [0.1, 0.15) is 0 Å². The molecule has 2 heterocycles. The van der Waals surface area contributed by atoms with Crippen molar-refractivity contribution in [3.8, 4) is 5.75 Å². The summed E-state index contributed by atoms with van der Waals surface area (Å²) in [4.78, 5) is 25.8. The molecule has 1 aromatic heterocycles. The molecule has 1 aromatic carbocycles. The number of fused-ring (bicyclic) bond motifs is 2. The lowest BCUT2D eigenvalue weighted by Gasteiger charge is -2.40. The molecule has 1 amide bonds. The number of halogens is 2. The largest absolute Gasteiger partial charge is 0.491 e. The van der Waals surface area contributed by atoms with Crippen LogP contribution in [-0.4, -0.2) is 55.1 Å². The van der Waals surface area contributed by atoms with Crippen LogP contribution in [0.2, 0.25) is 0 Å². The van der Waals surface area contributed by atoms with Crippen LogP contribution >= 0.6 is 0 Å². The van der Waals surface area contributed by atoms with E-state index in [9.17, 15) is 13.6 Å². The number of aromatic nitrogens is 2. The number of likely N-dealkylation sites (tertiary alicyclic amines) is 1. The van der Waals surface area contributed by atoms with E-state index in [0.29, 0.717) is 19.0 Å². The maximum Gasteiger partial charge on any atom is 0.254 e. The first-order valence-electron chi connectivity index (χ1n) is 9.71. The highest BCUT2D eigenvalue weighted by molar-refractivity contribution is 5.94. The van der Waals surface area contributed by atoms with Gasteiger partial charge in [0.25, 0.3) is 5.91 Å². The minimum Gasteiger partial charge on any atom is -0.491 e. The summed E-state index contributed by atoms with van der Waals surface area (Å²) in [6.07, 6.45) is 5.38. The van der Waals surface area contributed by atoms with Crippen LogP contribution in [-0.2, 0) is 11.8 Å². The highest BCUT2D eigenvalue weighted by Crippen LogP contribution is 2.44. The van der Waals surface area contributed by atoms with Gasteiger partial charge in [0.15, 0.2) is 17.4 Å². The van der Waals surface area contributed by atoms with E-state index in [-0.39, 0.29) is 16.9 Å². The number of aryl methyl sites for hydroxylation is 1. The number of benzene rings is 1. The third-order valence-corrected chi connectivity index (χ3v) is 5.94. The fourth-order valence-electron chi connectivity index (χ4n) is 4.51. The Morgan fingerprint density at radius 3 is 2.62 bits per heavy atom. The Hall–Kier alpha value is -2.77. The van der Waals surface area contributed by atoms with Crippen LogP contribution in [0.4, 0.5) is 14.7 Å². The summed E-state index contributed by atoms with van der Waals surface area (Å²) in [6.45, 7) is 1.04. The summed E-state index contributed by atoms with van der Waals surface area (Å²) in [5, 5.41) is 0. The molecule has 1 unspecified atom stereocenters. The first-order chi connectivity index (χ1) is 13.8. The molecule has 2 aromatic rings. The van der Waals surface area contributed by atoms with Crippen LogP contribution in [0.15, 0.2) is 18.3 Å². The maximum absolute atomic E-state index is 14.1. The second kappa shape index (κ2) is 7.24.